The maximum atomic E-state index is 10.1. The molecule has 5 nitrogen and oxygen atoms in total. The van der Waals surface area contributed by atoms with Crippen LogP contribution >= 0.6 is 0 Å². The van der Waals surface area contributed by atoms with Gasteiger partial charge < -0.3 is 13.3 Å². The molecule has 0 aromatic carbocycles. The smallest absolute Gasteiger partial charge is 0.374 e. The molecule has 0 aliphatic heterocycles. The van der Waals surface area contributed by atoms with Gasteiger partial charge >= 0.3 is 8.80 Å². The van der Waals surface area contributed by atoms with Gasteiger partial charge in [0.1, 0.15) is 0 Å². The molecule has 1 atom stereocenters. The number of aliphatic imine (C=N–C) groups is 1. The molecule has 0 heterocycles. The Labute approximate surface area is 117 Å². The second-order valence-electron chi connectivity index (χ2n) is 4.34. The van der Waals surface area contributed by atoms with Crippen molar-refractivity contribution in [1.82, 2.24) is 0 Å². The molecule has 0 amide bonds. The molecule has 0 fully saturated rings. The number of hydrogen-bond donors (Lipinski definition) is 0. The largest absolute Gasteiger partial charge is 0.501 e. The number of carbonyl (C=O) groups excluding carboxylic acids is 1. The predicted molar refractivity (Wildman–Crippen MR) is 76.9 cm³/mol. The number of rotatable bonds is 12. The van der Waals surface area contributed by atoms with Crippen molar-refractivity contribution in [1.29, 1.82) is 0 Å². The fourth-order valence-electron chi connectivity index (χ4n) is 1.95. The average molecular weight is 289 g/mol. The van der Waals surface area contributed by atoms with Gasteiger partial charge in [0.2, 0.25) is 6.08 Å². The van der Waals surface area contributed by atoms with Crippen molar-refractivity contribution in [3.63, 3.8) is 0 Å². The summed E-state index contributed by atoms with van der Waals surface area (Å²) in [5.41, 5.74) is 0. The van der Waals surface area contributed by atoms with Crippen LogP contribution in [-0.4, -0.2) is 40.7 Å². The highest BCUT2D eigenvalue weighted by molar-refractivity contribution is 6.60. The molecular weight excluding hydrogens is 262 g/mol. The molecule has 0 saturated carbocycles. The Kier molecular flexibility index (Phi) is 11.0. The summed E-state index contributed by atoms with van der Waals surface area (Å²) in [6.07, 6.45) is 4.45. The van der Waals surface area contributed by atoms with E-state index in [0.717, 1.165) is 19.3 Å². The zero-order valence-electron chi connectivity index (χ0n) is 12.6. The lowest BCUT2D eigenvalue weighted by atomic mass is 10.2. The highest BCUT2D eigenvalue weighted by Crippen LogP contribution is 2.21. The Morgan fingerprint density at radius 3 is 2.32 bits per heavy atom. The normalized spacial score (nSPS) is 13.1. The quantitative estimate of drug-likeness (QED) is 0.240. The molecule has 19 heavy (non-hydrogen) atoms. The standard InChI is InChI=1S/C13H27NO4Si/c1-5-9-13(4)18-19(16-6-2,17-7-3)11-8-10-14-12-15/h13H,5-11H2,1-4H3. The number of nitrogens with zero attached hydrogens (tertiary/aromatic N) is 1. The number of isocyanates is 1. The van der Waals surface area contributed by atoms with E-state index < -0.39 is 8.80 Å². The van der Waals surface area contributed by atoms with Crippen molar-refractivity contribution < 1.29 is 18.1 Å². The summed E-state index contributed by atoms with van der Waals surface area (Å²) < 4.78 is 17.7. The lowest BCUT2D eigenvalue weighted by Gasteiger charge is -2.31. The summed E-state index contributed by atoms with van der Waals surface area (Å²) in [5.74, 6) is 0. The van der Waals surface area contributed by atoms with Gasteiger partial charge in [-0.15, -0.1) is 0 Å². The molecular formula is C13H27NO4Si. The van der Waals surface area contributed by atoms with Crippen molar-refractivity contribution >= 4 is 14.9 Å². The van der Waals surface area contributed by atoms with Gasteiger partial charge in [-0.1, -0.05) is 13.3 Å². The zero-order valence-corrected chi connectivity index (χ0v) is 13.6. The van der Waals surface area contributed by atoms with Crippen molar-refractivity contribution in [2.75, 3.05) is 19.8 Å². The minimum atomic E-state index is -2.64. The molecule has 6 heteroatoms. The fraction of sp³-hybridized carbons (Fsp3) is 0.923. The van der Waals surface area contributed by atoms with Gasteiger partial charge in [0.25, 0.3) is 0 Å². The molecule has 0 aliphatic carbocycles. The Hall–Kier alpha value is -0.523. The van der Waals surface area contributed by atoms with Crippen LogP contribution in [0.25, 0.3) is 0 Å². The van der Waals surface area contributed by atoms with E-state index in [-0.39, 0.29) is 6.10 Å². The van der Waals surface area contributed by atoms with Crippen LogP contribution in [0, 0.1) is 0 Å². The fourth-order valence-corrected chi connectivity index (χ4v) is 4.77. The van der Waals surface area contributed by atoms with Crippen LogP contribution in [0.1, 0.15) is 47.0 Å². The summed E-state index contributed by atoms with van der Waals surface area (Å²) in [6, 6.07) is 0.688. The van der Waals surface area contributed by atoms with Crippen molar-refractivity contribution in [2.45, 2.75) is 59.1 Å². The zero-order chi connectivity index (χ0) is 14.6. The van der Waals surface area contributed by atoms with E-state index in [1.54, 1.807) is 6.08 Å². The van der Waals surface area contributed by atoms with Crippen LogP contribution in [-0.2, 0) is 18.1 Å². The van der Waals surface area contributed by atoms with Crippen LogP contribution in [0.4, 0.5) is 0 Å². The summed E-state index contributed by atoms with van der Waals surface area (Å²) >= 11 is 0. The first-order chi connectivity index (χ1) is 9.14. The Balaban J connectivity index is 4.58. The van der Waals surface area contributed by atoms with Gasteiger partial charge in [-0.25, -0.2) is 9.79 Å². The predicted octanol–water partition coefficient (Wildman–Crippen LogP) is 2.93. The second-order valence-corrected chi connectivity index (χ2v) is 7.02. The first-order valence-corrected chi connectivity index (χ1v) is 9.06. The second kappa shape index (κ2) is 11.3. The Bertz CT molecular complexity index is 263. The topological polar surface area (TPSA) is 57.1 Å². The van der Waals surface area contributed by atoms with Crippen molar-refractivity contribution in [3.8, 4) is 0 Å². The summed E-state index contributed by atoms with van der Waals surface area (Å²) in [4.78, 5) is 13.6. The van der Waals surface area contributed by atoms with E-state index in [1.807, 2.05) is 20.8 Å². The number of hydrogen-bond acceptors (Lipinski definition) is 5. The van der Waals surface area contributed by atoms with Crippen LogP contribution in [0.2, 0.25) is 6.04 Å². The van der Waals surface area contributed by atoms with Gasteiger partial charge in [0.05, 0.1) is 6.54 Å². The van der Waals surface area contributed by atoms with Gasteiger partial charge in [0.15, 0.2) is 0 Å². The summed E-state index contributed by atoms with van der Waals surface area (Å²) in [6.45, 7) is 9.65. The maximum Gasteiger partial charge on any atom is 0.501 e. The molecule has 0 aromatic heterocycles. The minimum Gasteiger partial charge on any atom is -0.374 e. The van der Waals surface area contributed by atoms with Gasteiger partial charge in [-0.05, 0) is 33.6 Å². The molecule has 0 N–H and O–H groups in total. The van der Waals surface area contributed by atoms with Crippen LogP contribution in [0.3, 0.4) is 0 Å². The van der Waals surface area contributed by atoms with Crippen molar-refractivity contribution in [3.05, 3.63) is 0 Å². The molecule has 0 aromatic rings. The average Bonchev–Trinajstić information content (AvgIpc) is 2.35. The minimum absolute atomic E-state index is 0.129. The molecule has 0 spiro atoms. The molecule has 0 bridgehead atoms. The first-order valence-electron chi connectivity index (χ1n) is 7.13. The summed E-state index contributed by atoms with van der Waals surface area (Å²) in [7, 11) is -2.64. The van der Waals surface area contributed by atoms with E-state index in [9.17, 15) is 4.79 Å². The lowest BCUT2D eigenvalue weighted by molar-refractivity contribution is 0.0351. The third kappa shape index (κ3) is 8.29. The Morgan fingerprint density at radius 2 is 1.84 bits per heavy atom. The highest BCUT2D eigenvalue weighted by Gasteiger charge is 2.41. The van der Waals surface area contributed by atoms with E-state index in [1.165, 1.54) is 0 Å². The first kappa shape index (κ1) is 18.5. The van der Waals surface area contributed by atoms with Crippen molar-refractivity contribution in [2.24, 2.45) is 4.99 Å². The molecule has 112 valence electrons. The maximum absolute atomic E-state index is 10.1. The van der Waals surface area contributed by atoms with Gasteiger partial charge in [0, 0.05) is 25.4 Å². The van der Waals surface area contributed by atoms with E-state index >= 15 is 0 Å². The van der Waals surface area contributed by atoms with Crippen LogP contribution in [0.5, 0.6) is 0 Å². The molecule has 0 saturated heterocycles. The molecule has 0 radical (unpaired) electrons. The van der Waals surface area contributed by atoms with E-state index in [2.05, 4.69) is 11.9 Å². The Morgan fingerprint density at radius 1 is 1.21 bits per heavy atom. The monoisotopic (exact) mass is 289 g/mol. The molecule has 0 rings (SSSR count). The van der Waals surface area contributed by atoms with E-state index in [4.69, 9.17) is 13.3 Å². The van der Waals surface area contributed by atoms with Gasteiger partial charge in [-0.2, -0.15) is 0 Å². The third-order valence-corrected chi connectivity index (χ3v) is 5.81. The van der Waals surface area contributed by atoms with Crippen LogP contribution in [0.15, 0.2) is 4.99 Å². The SMILES string of the molecule is CCCC(C)O[Si](CCCN=C=O)(OCC)OCC. The van der Waals surface area contributed by atoms with Gasteiger partial charge in [-0.3, -0.25) is 0 Å². The lowest BCUT2D eigenvalue weighted by Crippen LogP contribution is -2.48. The highest BCUT2D eigenvalue weighted by atomic mass is 28.4. The molecule has 1 unspecified atom stereocenters. The molecule has 0 aliphatic rings. The van der Waals surface area contributed by atoms with E-state index in [0.29, 0.717) is 25.8 Å². The third-order valence-electron chi connectivity index (χ3n) is 2.62. The van der Waals surface area contributed by atoms with Crippen LogP contribution < -0.4 is 0 Å². The summed E-state index contributed by atoms with van der Waals surface area (Å²) in [5, 5.41) is 0.